The summed E-state index contributed by atoms with van der Waals surface area (Å²) < 4.78 is 13.3. The first-order chi connectivity index (χ1) is 8.91. The van der Waals surface area contributed by atoms with Crippen molar-refractivity contribution in [2.75, 3.05) is 5.73 Å². The molecule has 6 nitrogen and oxygen atoms in total. The molecule has 2 rings (SSSR count). The van der Waals surface area contributed by atoms with Gasteiger partial charge in [0.15, 0.2) is 0 Å². The Kier molecular flexibility index (Phi) is 3.20. The van der Waals surface area contributed by atoms with Gasteiger partial charge in [-0.15, -0.1) is 0 Å². The minimum absolute atomic E-state index is 0.0108. The number of nitrogens with zero attached hydrogens (tertiary/aromatic N) is 2. The second-order valence-corrected chi connectivity index (χ2v) is 4.47. The van der Waals surface area contributed by atoms with Crippen LogP contribution in [-0.2, 0) is 0 Å². The van der Waals surface area contributed by atoms with Crippen molar-refractivity contribution in [2.45, 2.75) is 19.8 Å². The lowest BCUT2D eigenvalue weighted by Gasteiger charge is -2.08. The van der Waals surface area contributed by atoms with Crippen LogP contribution in [0.1, 0.15) is 25.3 Å². The zero-order chi connectivity index (χ0) is 14.2. The van der Waals surface area contributed by atoms with Crippen LogP contribution in [0.5, 0.6) is 0 Å². The summed E-state index contributed by atoms with van der Waals surface area (Å²) in [7, 11) is 0. The van der Waals surface area contributed by atoms with Crippen LogP contribution in [0.3, 0.4) is 0 Å². The summed E-state index contributed by atoms with van der Waals surface area (Å²) in [5.74, 6) is -0.274. The molecule has 0 bridgehead atoms. The van der Waals surface area contributed by atoms with Gasteiger partial charge in [-0.1, -0.05) is 13.8 Å². The predicted molar refractivity (Wildman–Crippen MR) is 69.1 cm³/mol. The Labute approximate surface area is 108 Å². The minimum Gasteiger partial charge on any atom is -0.382 e. The number of nitro benzene ring substituents is 1. The van der Waals surface area contributed by atoms with Gasteiger partial charge in [0, 0.05) is 11.6 Å². The number of rotatable bonds is 3. The normalized spacial score (nSPS) is 10.9. The summed E-state index contributed by atoms with van der Waals surface area (Å²) in [6.07, 6.45) is 0. The van der Waals surface area contributed by atoms with Crippen molar-refractivity contribution in [1.29, 1.82) is 0 Å². The molecule has 19 heavy (non-hydrogen) atoms. The Morgan fingerprint density at radius 3 is 2.74 bits per heavy atom. The Balaban J connectivity index is 2.71. The number of nitrogens with one attached hydrogen (secondary N) is 1. The second-order valence-electron chi connectivity index (χ2n) is 4.47. The third-order valence-corrected chi connectivity index (χ3v) is 2.84. The van der Waals surface area contributed by atoms with Gasteiger partial charge >= 0.3 is 0 Å². The standard InChI is InChI=1S/C12H13FN4O2/c1-6(2)10-11(15-16-12(10)14)8-5-7(13)3-4-9(8)17(18)19/h3-6H,1-2H3,(H3,14,15,16). The van der Waals surface area contributed by atoms with Gasteiger partial charge in [-0.25, -0.2) is 4.39 Å². The fraction of sp³-hybridized carbons (Fsp3) is 0.250. The number of H-pyrrole nitrogens is 1. The lowest BCUT2D eigenvalue weighted by Crippen LogP contribution is -1.98. The molecule has 0 fully saturated rings. The van der Waals surface area contributed by atoms with Crippen LogP contribution in [-0.4, -0.2) is 15.1 Å². The Hall–Kier alpha value is -2.44. The highest BCUT2D eigenvalue weighted by Gasteiger charge is 2.23. The molecule has 2 aromatic rings. The van der Waals surface area contributed by atoms with E-state index in [0.29, 0.717) is 11.3 Å². The van der Waals surface area contributed by atoms with Crippen LogP contribution < -0.4 is 5.73 Å². The van der Waals surface area contributed by atoms with Gasteiger partial charge in [-0.05, 0) is 18.1 Å². The Morgan fingerprint density at radius 2 is 2.16 bits per heavy atom. The van der Waals surface area contributed by atoms with E-state index < -0.39 is 10.7 Å². The maximum absolute atomic E-state index is 13.3. The lowest BCUT2D eigenvalue weighted by molar-refractivity contribution is -0.384. The summed E-state index contributed by atoms with van der Waals surface area (Å²) in [5.41, 5.74) is 6.74. The van der Waals surface area contributed by atoms with E-state index in [0.717, 1.165) is 18.2 Å². The molecule has 1 aromatic heterocycles. The molecule has 1 heterocycles. The average molecular weight is 264 g/mol. The van der Waals surface area contributed by atoms with E-state index in [9.17, 15) is 14.5 Å². The van der Waals surface area contributed by atoms with E-state index in [1.54, 1.807) is 0 Å². The molecule has 0 atom stereocenters. The molecule has 0 radical (unpaired) electrons. The lowest BCUT2D eigenvalue weighted by atomic mass is 9.97. The van der Waals surface area contributed by atoms with Crippen molar-refractivity contribution in [3.05, 3.63) is 39.7 Å². The molecule has 0 unspecified atom stereocenters. The van der Waals surface area contributed by atoms with Gasteiger partial charge in [0.1, 0.15) is 11.6 Å². The van der Waals surface area contributed by atoms with Crippen LogP contribution in [0.25, 0.3) is 11.3 Å². The van der Waals surface area contributed by atoms with E-state index in [4.69, 9.17) is 5.73 Å². The number of nitrogen functional groups attached to an aromatic ring is 1. The van der Waals surface area contributed by atoms with Gasteiger partial charge in [0.25, 0.3) is 5.69 Å². The van der Waals surface area contributed by atoms with Crippen molar-refractivity contribution in [2.24, 2.45) is 0 Å². The highest BCUT2D eigenvalue weighted by molar-refractivity contribution is 5.76. The third kappa shape index (κ3) is 2.26. The minimum atomic E-state index is -0.560. The van der Waals surface area contributed by atoms with Crippen LogP contribution >= 0.6 is 0 Å². The zero-order valence-electron chi connectivity index (χ0n) is 10.5. The summed E-state index contributed by atoms with van der Waals surface area (Å²) in [6, 6.07) is 3.29. The van der Waals surface area contributed by atoms with E-state index in [1.165, 1.54) is 0 Å². The van der Waals surface area contributed by atoms with Crippen LogP contribution in [0.4, 0.5) is 15.9 Å². The molecule has 7 heteroatoms. The molecule has 0 spiro atoms. The van der Waals surface area contributed by atoms with Gasteiger partial charge in [0.2, 0.25) is 0 Å². The number of hydrogen-bond donors (Lipinski definition) is 2. The first-order valence-corrected chi connectivity index (χ1v) is 5.70. The molecule has 0 aliphatic heterocycles. The largest absolute Gasteiger partial charge is 0.382 e. The number of hydrogen-bond acceptors (Lipinski definition) is 4. The topological polar surface area (TPSA) is 97.8 Å². The second kappa shape index (κ2) is 4.68. The summed E-state index contributed by atoms with van der Waals surface area (Å²) in [5, 5.41) is 17.5. The van der Waals surface area contributed by atoms with Crippen molar-refractivity contribution >= 4 is 11.5 Å². The molecule has 0 saturated carbocycles. The van der Waals surface area contributed by atoms with E-state index in [2.05, 4.69) is 10.2 Å². The Bertz CT molecular complexity index is 637. The van der Waals surface area contributed by atoms with Crippen molar-refractivity contribution in [3.63, 3.8) is 0 Å². The molecule has 0 aliphatic carbocycles. The quantitative estimate of drug-likeness (QED) is 0.657. The molecule has 3 N–H and O–H groups in total. The number of aromatic nitrogens is 2. The van der Waals surface area contributed by atoms with Crippen LogP contribution in [0.15, 0.2) is 18.2 Å². The van der Waals surface area contributed by atoms with Crippen molar-refractivity contribution in [1.82, 2.24) is 10.2 Å². The van der Waals surface area contributed by atoms with Gasteiger partial charge in [-0.3, -0.25) is 15.2 Å². The number of halogens is 1. The predicted octanol–water partition coefficient (Wildman–Crippen LogP) is 2.83. The first-order valence-electron chi connectivity index (χ1n) is 5.70. The van der Waals surface area contributed by atoms with Gasteiger partial charge < -0.3 is 5.73 Å². The van der Waals surface area contributed by atoms with Crippen molar-refractivity contribution < 1.29 is 9.31 Å². The Morgan fingerprint density at radius 1 is 1.47 bits per heavy atom. The summed E-state index contributed by atoms with van der Waals surface area (Å²) >= 11 is 0. The van der Waals surface area contributed by atoms with Gasteiger partial charge in [0.05, 0.1) is 16.2 Å². The highest BCUT2D eigenvalue weighted by atomic mass is 19.1. The monoisotopic (exact) mass is 264 g/mol. The average Bonchev–Trinajstić information content (AvgIpc) is 2.70. The third-order valence-electron chi connectivity index (χ3n) is 2.84. The number of benzene rings is 1. The SMILES string of the molecule is CC(C)c1c(N)n[nH]c1-c1cc(F)ccc1[N+](=O)[O-]. The summed E-state index contributed by atoms with van der Waals surface area (Å²) in [6.45, 7) is 3.77. The number of nitro groups is 1. The smallest absolute Gasteiger partial charge is 0.278 e. The maximum atomic E-state index is 13.3. The number of nitrogens with two attached hydrogens (primary N) is 1. The number of aromatic amines is 1. The van der Waals surface area contributed by atoms with E-state index in [-0.39, 0.29) is 23.0 Å². The molecular formula is C12H13FN4O2. The van der Waals surface area contributed by atoms with E-state index >= 15 is 0 Å². The maximum Gasteiger partial charge on any atom is 0.278 e. The summed E-state index contributed by atoms with van der Waals surface area (Å²) in [4.78, 5) is 10.5. The molecule has 0 aliphatic rings. The van der Waals surface area contributed by atoms with Gasteiger partial charge in [-0.2, -0.15) is 5.10 Å². The number of anilines is 1. The fourth-order valence-electron chi connectivity index (χ4n) is 2.02. The van der Waals surface area contributed by atoms with Crippen LogP contribution in [0, 0.1) is 15.9 Å². The highest BCUT2D eigenvalue weighted by Crippen LogP contribution is 2.36. The molecule has 0 saturated heterocycles. The zero-order valence-corrected chi connectivity index (χ0v) is 10.5. The van der Waals surface area contributed by atoms with E-state index in [1.807, 2.05) is 13.8 Å². The van der Waals surface area contributed by atoms with Crippen molar-refractivity contribution in [3.8, 4) is 11.3 Å². The molecule has 100 valence electrons. The molecule has 1 aromatic carbocycles. The molecule has 0 amide bonds. The molecular weight excluding hydrogens is 251 g/mol. The van der Waals surface area contributed by atoms with Crippen LogP contribution in [0.2, 0.25) is 0 Å². The first kappa shape index (κ1) is 13.0. The fourth-order valence-corrected chi connectivity index (χ4v) is 2.02.